The molecule has 1 aliphatic rings. The second-order valence-electron chi connectivity index (χ2n) is 4.27. The molecule has 0 spiro atoms. The second kappa shape index (κ2) is 4.03. The van der Waals surface area contributed by atoms with E-state index >= 15 is 0 Å². The van der Waals surface area contributed by atoms with Gasteiger partial charge in [-0.25, -0.2) is 0 Å². The molecule has 1 aliphatic heterocycles. The Morgan fingerprint density at radius 3 is 2.93 bits per heavy atom. The molecule has 0 aliphatic carbocycles. The Labute approximate surface area is 94.0 Å². The Hall–Kier alpha value is -0.340. The monoisotopic (exact) mass is 253 g/mol. The predicted molar refractivity (Wildman–Crippen MR) is 63.4 cm³/mol. The van der Waals surface area contributed by atoms with E-state index in [0.717, 1.165) is 13.0 Å². The summed E-state index contributed by atoms with van der Waals surface area (Å²) in [6, 6.07) is 7.18. The average molecular weight is 254 g/mol. The van der Waals surface area contributed by atoms with E-state index < -0.39 is 0 Å². The molecule has 0 saturated heterocycles. The first kappa shape index (κ1) is 10.2. The molecule has 0 unspecified atom stereocenters. The van der Waals surface area contributed by atoms with Crippen molar-refractivity contribution in [1.29, 1.82) is 0 Å². The van der Waals surface area contributed by atoms with E-state index in [0.29, 0.717) is 12.0 Å². The summed E-state index contributed by atoms with van der Waals surface area (Å²) in [7, 11) is 0. The van der Waals surface area contributed by atoms with Crippen LogP contribution in [-0.4, -0.2) is 6.54 Å². The van der Waals surface area contributed by atoms with Gasteiger partial charge in [0.25, 0.3) is 0 Å². The van der Waals surface area contributed by atoms with Crippen LogP contribution in [0.4, 0.5) is 0 Å². The molecule has 1 nitrogen and oxygen atoms in total. The van der Waals surface area contributed by atoms with Gasteiger partial charge in [-0.3, -0.25) is 0 Å². The van der Waals surface area contributed by atoms with Crippen LogP contribution in [0.5, 0.6) is 0 Å². The van der Waals surface area contributed by atoms with Crippen molar-refractivity contribution in [1.82, 2.24) is 5.32 Å². The lowest BCUT2D eigenvalue weighted by Gasteiger charge is -2.30. The van der Waals surface area contributed by atoms with Crippen LogP contribution in [0.1, 0.15) is 31.0 Å². The molecule has 0 radical (unpaired) electrons. The maximum atomic E-state index is 3.58. The van der Waals surface area contributed by atoms with Crippen molar-refractivity contribution in [3.63, 3.8) is 0 Å². The lowest BCUT2D eigenvalue weighted by atomic mass is 9.88. The number of halogens is 1. The van der Waals surface area contributed by atoms with Gasteiger partial charge in [0.1, 0.15) is 0 Å². The zero-order valence-electron chi connectivity index (χ0n) is 8.68. The van der Waals surface area contributed by atoms with Crippen LogP contribution in [0.2, 0.25) is 0 Å². The predicted octanol–water partition coefficient (Wildman–Crippen LogP) is 3.29. The zero-order valence-corrected chi connectivity index (χ0v) is 10.3. The minimum absolute atomic E-state index is 0.534. The second-order valence-corrected chi connectivity index (χ2v) is 5.18. The number of rotatable bonds is 1. The van der Waals surface area contributed by atoms with E-state index in [2.05, 4.69) is 53.3 Å². The van der Waals surface area contributed by atoms with Crippen molar-refractivity contribution < 1.29 is 0 Å². The summed E-state index contributed by atoms with van der Waals surface area (Å²) in [6.07, 6.45) is 1.15. The van der Waals surface area contributed by atoms with Crippen LogP contribution < -0.4 is 5.32 Å². The lowest BCUT2D eigenvalue weighted by molar-refractivity contribution is 0.395. The van der Waals surface area contributed by atoms with Crippen molar-refractivity contribution in [2.75, 3.05) is 6.54 Å². The Morgan fingerprint density at radius 2 is 2.21 bits per heavy atom. The van der Waals surface area contributed by atoms with E-state index in [1.807, 2.05) is 0 Å². The molecule has 1 atom stereocenters. The minimum atomic E-state index is 0.534. The van der Waals surface area contributed by atoms with Crippen LogP contribution in [0.15, 0.2) is 22.7 Å². The highest BCUT2D eigenvalue weighted by molar-refractivity contribution is 9.10. The molecule has 0 bridgehead atoms. The molecular formula is C12H16BrN. The quantitative estimate of drug-likeness (QED) is 0.810. The summed E-state index contributed by atoms with van der Waals surface area (Å²) in [4.78, 5) is 0. The first-order valence-electron chi connectivity index (χ1n) is 5.20. The van der Waals surface area contributed by atoms with E-state index in [1.165, 1.54) is 15.6 Å². The first-order chi connectivity index (χ1) is 6.68. The fourth-order valence-electron chi connectivity index (χ4n) is 2.16. The number of hydrogen-bond donors (Lipinski definition) is 1. The average Bonchev–Trinajstić information content (AvgIpc) is 2.16. The number of hydrogen-bond acceptors (Lipinski definition) is 1. The molecule has 0 amide bonds. The minimum Gasteiger partial charge on any atom is -0.309 e. The van der Waals surface area contributed by atoms with Gasteiger partial charge >= 0.3 is 0 Å². The van der Waals surface area contributed by atoms with Gasteiger partial charge in [-0.2, -0.15) is 0 Å². The number of benzene rings is 1. The third-order valence-corrected chi connectivity index (χ3v) is 3.36. The van der Waals surface area contributed by atoms with Crippen LogP contribution in [0, 0.1) is 5.92 Å². The van der Waals surface area contributed by atoms with Gasteiger partial charge in [0.2, 0.25) is 0 Å². The molecule has 76 valence electrons. The fourth-order valence-corrected chi connectivity index (χ4v) is 2.57. The topological polar surface area (TPSA) is 12.0 Å². The highest BCUT2D eigenvalue weighted by Gasteiger charge is 2.21. The van der Waals surface area contributed by atoms with E-state index in [4.69, 9.17) is 0 Å². The number of fused-ring (bicyclic) bond motifs is 1. The summed E-state index contributed by atoms with van der Waals surface area (Å²) < 4.78 is 1.20. The van der Waals surface area contributed by atoms with E-state index in [1.54, 1.807) is 0 Å². The maximum absolute atomic E-state index is 3.58. The van der Waals surface area contributed by atoms with Gasteiger partial charge in [0.15, 0.2) is 0 Å². The van der Waals surface area contributed by atoms with Gasteiger partial charge in [0.05, 0.1) is 0 Å². The normalized spacial score (nSPS) is 21.0. The van der Waals surface area contributed by atoms with E-state index in [-0.39, 0.29) is 0 Å². The van der Waals surface area contributed by atoms with Gasteiger partial charge in [0, 0.05) is 10.5 Å². The van der Waals surface area contributed by atoms with E-state index in [9.17, 15) is 0 Å². The van der Waals surface area contributed by atoms with Crippen molar-refractivity contribution in [2.24, 2.45) is 5.92 Å². The zero-order chi connectivity index (χ0) is 10.1. The van der Waals surface area contributed by atoms with Crippen molar-refractivity contribution in [2.45, 2.75) is 26.3 Å². The van der Waals surface area contributed by atoms with Crippen LogP contribution in [0.25, 0.3) is 0 Å². The highest BCUT2D eigenvalue weighted by atomic mass is 79.9. The molecular weight excluding hydrogens is 238 g/mol. The molecule has 0 saturated carbocycles. The fraction of sp³-hybridized carbons (Fsp3) is 0.500. The van der Waals surface area contributed by atoms with Gasteiger partial charge in [-0.1, -0.05) is 35.8 Å². The standard InChI is InChI=1S/C12H16BrN/c1-8(2)12-11-4-3-10(13)7-9(11)5-6-14-12/h3-4,7-8,12,14H,5-6H2,1-2H3/t12-/m0/s1. The van der Waals surface area contributed by atoms with Crippen molar-refractivity contribution in [3.05, 3.63) is 33.8 Å². The molecule has 2 heteroatoms. The molecule has 0 aromatic heterocycles. The van der Waals surface area contributed by atoms with Crippen molar-refractivity contribution in [3.8, 4) is 0 Å². The van der Waals surface area contributed by atoms with Crippen molar-refractivity contribution >= 4 is 15.9 Å². The van der Waals surface area contributed by atoms with Crippen LogP contribution >= 0.6 is 15.9 Å². The Balaban J connectivity index is 2.40. The highest BCUT2D eigenvalue weighted by Crippen LogP contribution is 2.30. The third kappa shape index (κ3) is 1.86. The lowest BCUT2D eigenvalue weighted by Crippen LogP contribution is -2.32. The molecule has 1 N–H and O–H groups in total. The maximum Gasteiger partial charge on any atom is 0.0346 e. The summed E-state index contributed by atoms with van der Waals surface area (Å²) >= 11 is 3.53. The summed E-state index contributed by atoms with van der Waals surface area (Å²) in [5.74, 6) is 0.662. The molecule has 1 aromatic rings. The SMILES string of the molecule is CC(C)[C@@H]1NCCc2cc(Br)ccc21. The third-order valence-electron chi connectivity index (χ3n) is 2.87. The largest absolute Gasteiger partial charge is 0.309 e. The first-order valence-corrected chi connectivity index (χ1v) is 5.99. The molecule has 1 heterocycles. The summed E-state index contributed by atoms with van der Waals surface area (Å²) in [5.41, 5.74) is 2.98. The summed E-state index contributed by atoms with van der Waals surface area (Å²) in [6.45, 7) is 5.65. The number of nitrogens with one attached hydrogen (secondary N) is 1. The molecule has 2 rings (SSSR count). The summed E-state index contributed by atoms with van der Waals surface area (Å²) in [5, 5.41) is 3.58. The van der Waals surface area contributed by atoms with Gasteiger partial charge < -0.3 is 5.32 Å². The molecule has 1 aromatic carbocycles. The smallest absolute Gasteiger partial charge is 0.0346 e. The Bertz CT molecular complexity index is 333. The molecule has 0 fully saturated rings. The van der Waals surface area contributed by atoms with Crippen LogP contribution in [-0.2, 0) is 6.42 Å². The Morgan fingerprint density at radius 1 is 1.43 bits per heavy atom. The van der Waals surface area contributed by atoms with Crippen LogP contribution in [0.3, 0.4) is 0 Å². The van der Waals surface area contributed by atoms with Gasteiger partial charge in [-0.05, 0) is 42.1 Å². The molecule has 14 heavy (non-hydrogen) atoms. The Kier molecular flexibility index (Phi) is 2.93. The van der Waals surface area contributed by atoms with Gasteiger partial charge in [-0.15, -0.1) is 0 Å².